The summed E-state index contributed by atoms with van der Waals surface area (Å²) in [7, 11) is 0. The summed E-state index contributed by atoms with van der Waals surface area (Å²) < 4.78 is 5.62. The van der Waals surface area contributed by atoms with Crippen LogP contribution in [0.25, 0.3) is 10.2 Å². The number of esters is 2. The third kappa shape index (κ3) is 3.51. The second-order valence-electron chi connectivity index (χ2n) is 4.13. The van der Waals surface area contributed by atoms with Crippen LogP contribution in [0.5, 0.6) is 0 Å². The van der Waals surface area contributed by atoms with Gasteiger partial charge in [-0.2, -0.15) is 0 Å². The highest BCUT2D eigenvalue weighted by atomic mass is 32.1. The molecule has 2 rings (SSSR count). The number of rotatable bonds is 4. The average Bonchev–Trinajstić information content (AvgIpc) is 2.68. The molecule has 100 valence electrons. The van der Waals surface area contributed by atoms with Gasteiger partial charge in [-0.25, -0.2) is 4.98 Å². The highest BCUT2D eigenvalue weighted by molar-refractivity contribution is 7.22. The first kappa shape index (κ1) is 13.5. The van der Waals surface area contributed by atoms with Crippen molar-refractivity contribution in [2.45, 2.75) is 26.2 Å². The SMILES string of the molecule is CCCC(=O)OC(=O)Cc1ccc2nc(N)sc2c1. The largest absolute Gasteiger partial charge is 0.393 e. The van der Waals surface area contributed by atoms with E-state index in [1.807, 2.05) is 13.0 Å². The Hall–Kier alpha value is -1.95. The first-order chi connectivity index (χ1) is 9.08. The van der Waals surface area contributed by atoms with Crippen LogP contribution < -0.4 is 5.73 Å². The summed E-state index contributed by atoms with van der Waals surface area (Å²) in [6.45, 7) is 1.86. The van der Waals surface area contributed by atoms with Gasteiger partial charge >= 0.3 is 11.9 Å². The summed E-state index contributed by atoms with van der Waals surface area (Å²) in [5.74, 6) is -1.01. The molecular weight excluding hydrogens is 264 g/mol. The molecule has 0 aliphatic rings. The number of thiazole rings is 1. The summed E-state index contributed by atoms with van der Waals surface area (Å²) in [4.78, 5) is 26.9. The lowest BCUT2D eigenvalue weighted by molar-refractivity contribution is -0.159. The summed E-state index contributed by atoms with van der Waals surface area (Å²) in [5.41, 5.74) is 7.20. The zero-order chi connectivity index (χ0) is 13.8. The van der Waals surface area contributed by atoms with Gasteiger partial charge in [-0.15, -0.1) is 0 Å². The van der Waals surface area contributed by atoms with Gasteiger partial charge in [0, 0.05) is 6.42 Å². The molecule has 1 heterocycles. The second-order valence-corrected chi connectivity index (χ2v) is 5.19. The van der Waals surface area contributed by atoms with Gasteiger partial charge in [0.25, 0.3) is 0 Å². The normalized spacial score (nSPS) is 10.6. The fourth-order valence-corrected chi connectivity index (χ4v) is 2.48. The second kappa shape index (κ2) is 5.79. The van der Waals surface area contributed by atoms with Crippen molar-refractivity contribution >= 4 is 38.6 Å². The zero-order valence-corrected chi connectivity index (χ0v) is 11.3. The molecule has 0 fully saturated rings. The molecule has 0 amide bonds. The molecular formula is C13H14N2O3S. The van der Waals surface area contributed by atoms with Gasteiger partial charge in [0.2, 0.25) is 0 Å². The molecule has 0 spiro atoms. The molecule has 6 heteroatoms. The molecule has 0 saturated carbocycles. The smallest absolute Gasteiger partial charge is 0.317 e. The van der Waals surface area contributed by atoms with Gasteiger partial charge in [0.05, 0.1) is 16.6 Å². The Bertz CT molecular complexity index is 621. The van der Waals surface area contributed by atoms with E-state index in [4.69, 9.17) is 10.5 Å². The lowest BCUT2D eigenvalue weighted by Crippen LogP contribution is -2.13. The average molecular weight is 278 g/mol. The minimum absolute atomic E-state index is 0.0726. The standard InChI is InChI=1S/C13H14N2O3S/c1-2-3-11(16)18-12(17)7-8-4-5-9-10(6-8)19-13(14)15-9/h4-6H,2-3,7H2,1H3,(H2,14,15). The van der Waals surface area contributed by atoms with Gasteiger partial charge in [-0.3, -0.25) is 9.59 Å². The molecule has 0 aliphatic carbocycles. The van der Waals surface area contributed by atoms with E-state index in [1.54, 1.807) is 12.1 Å². The molecule has 0 atom stereocenters. The predicted molar refractivity (Wildman–Crippen MR) is 73.7 cm³/mol. The van der Waals surface area contributed by atoms with Crippen molar-refractivity contribution < 1.29 is 14.3 Å². The monoisotopic (exact) mass is 278 g/mol. The topological polar surface area (TPSA) is 82.3 Å². The molecule has 2 N–H and O–H groups in total. The van der Waals surface area contributed by atoms with Crippen LogP contribution in [0.1, 0.15) is 25.3 Å². The fourth-order valence-electron chi connectivity index (χ4n) is 1.68. The van der Waals surface area contributed by atoms with Crippen LogP contribution in [0.4, 0.5) is 5.13 Å². The van der Waals surface area contributed by atoms with Crippen LogP contribution in [0.15, 0.2) is 18.2 Å². The zero-order valence-electron chi connectivity index (χ0n) is 10.5. The highest BCUT2D eigenvalue weighted by Crippen LogP contribution is 2.24. The van der Waals surface area contributed by atoms with Crippen LogP contribution in [-0.2, 0) is 20.7 Å². The summed E-state index contributed by atoms with van der Waals surface area (Å²) in [6.07, 6.45) is 0.998. The Labute approximate surface area is 114 Å². The van der Waals surface area contributed by atoms with Crippen molar-refractivity contribution in [3.63, 3.8) is 0 Å². The Morgan fingerprint density at radius 1 is 1.37 bits per heavy atom. The van der Waals surface area contributed by atoms with Crippen molar-refractivity contribution in [2.24, 2.45) is 0 Å². The maximum absolute atomic E-state index is 11.6. The summed E-state index contributed by atoms with van der Waals surface area (Å²) in [6, 6.07) is 5.43. The number of hydrogen-bond acceptors (Lipinski definition) is 6. The number of hydrogen-bond donors (Lipinski definition) is 1. The predicted octanol–water partition coefficient (Wildman–Crippen LogP) is 2.29. The maximum atomic E-state index is 11.6. The van der Waals surface area contributed by atoms with Crippen LogP contribution in [0.2, 0.25) is 0 Å². The van der Waals surface area contributed by atoms with Crippen molar-refractivity contribution in [3.8, 4) is 0 Å². The van der Waals surface area contributed by atoms with Gasteiger partial charge in [-0.1, -0.05) is 24.3 Å². The minimum Gasteiger partial charge on any atom is -0.393 e. The molecule has 0 bridgehead atoms. The number of nitrogen functional groups attached to an aromatic ring is 1. The molecule has 5 nitrogen and oxygen atoms in total. The number of anilines is 1. The van der Waals surface area contributed by atoms with Gasteiger partial charge in [0.1, 0.15) is 0 Å². The van der Waals surface area contributed by atoms with E-state index in [2.05, 4.69) is 4.98 Å². The first-order valence-electron chi connectivity index (χ1n) is 5.97. The van der Waals surface area contributed by atoms with Crippen molar-refractivity contribution in [1.82, 2.24) is 4.98 Å². The first-order valence-corrected chi connectivity index (χ1v) is 6.78. The number of aromatic nitrogens is 1. The molecule has 19 heavy (non-hydrogen) atoms. The van der Waals surface area contributed by atoms with Crippen LogP contribution in [-0.4, -0.2) is 16.9 Å². The number of nitrogens with two attached hydrogens (primary N) is 1. The number of nitrogens with zero attached hydrogens (tertiary/aromatic N) is 1. The number of carbonyl (C=O) groups excluding carboxylic acids is 2. The van der Waals surface area contributed by atoms with Crippen molar-refractivity contribution in [3.05, 3.63) is 23.8 Å². The molecule has 0 radical (unpaired) electrons. The van der Waals surface area contributed by atoms with Crippen LogP contribution in [0.3, 0.4) is 0 Å². The maximum Gasteiger partial charge on any atom is 0.317 e. The molecule has 0 aliphatic heterocycles. The van der Waals surface area contributed by atoms with E-state index in [0.29, 0.717) is 11.6 Å². The van der Waals surface area contributed by atoms with Crippen LogP contribution >= 0.6 is 11.3 Å². The quantitative estimate of drug-likeness (QED) is 0.685. The van der Waals surface area contributed by atoms with Crippen molar-refractivity contribution in [1.29, 1.82) is 0 Å². The van der Waals surface area contributed by atoms with E-state index in [-0.39, 0.29) is 12.8 Å². The van der Waals surface area contributed by atoms with Crippen molar-refractivity contribution in [2.75, 3.05) is 5.73 Å². The number of benzene rings is 1. The summed E-state index contributed by atoms with van der Waals surface area (Å²) in [5, 5.41) is 0.493. The third-order valence-corrected chi connectivity index (χ3v) is 3.35. The van der Waals surface area contributed by atoms with E-state index in [1.165, 1.54) is 11.3 Å². The Balaban J connectivity index is 2.04. The Morgan fingerprint density at radius 3 is 2.89 bits per heavy atom. The fraction of sp³-hybridized carbons (Fsp3) is 0.308. The van der Waals surface area contributed by atoms with Gasteiger partial charge < -0.3 is 10.5 Å². The molecule has 0 unspecified atom stereocenters. The van der Waals surface area contributed by atoms with E-state index in [0.717, 1.165) is 15.8 Å². The lowest BCUT2D eigenvalue weighted by atomic mass is 10.1. The summed E-state index contributed by atoms with van der Waals surface area (Å²) >= 11 is 1.36. The minimum atomic E-state index is -0.532. The lowest BCUT2D eigenvalue weighted by Gasteiger charge is -2.02. The molecule has 1 aromatic heterocycles. The van der Waals surface area contributed by atoms with Crippen LogP contribution in [0, 0.1) is 0 Å². The number of fused-ring (bicyclic) bond motifs is 1. The van der Waals surface area contributed by atoms with E-state index < -0.39 is 11.9 Å². The number of carbonyl (C=O) groups is 2. The van der Waals surface area contributed by atoms with Gasteiger partial charge in [0.15, 0.2) is 5.13 Å². The highest BCUT2D eigenvalue weighted by Gasteiger charge is 2.11. The Kier molecular flexibility index (Phi) is 4.11. The number of ether oxygens (including phenoxy) is 1. The molecule has 0 saturated heterocycles. The van der Waals surface area contributed by atoms with E-state index in [9.17, 15) is 9.59 Å². The third-order valence-electron chi connectivity index (χ3n) is 2.50. The Morgan fingerprint density at radius 2 is 2.16 bits per heavy atom. The van der Waals surface area contributed by atoms with Gasteiger partial charge in [-0.05, 0) is 24.1 Å². The molecule has 2 aromatic rings. The van der Waals surface area contributed by atoms with E-state index >= 15 is 0 Å². The molecule has 1 aromatic carbocycles.